The van der Waals surface area contributed by atoms with Crippen LogP contribution in [0.3, 0.4) is 0 Å². The minimum Gasteiger partial charge on any atom is -0.457 e. The molecule has 0 atom stereocenters. The summed E-state index contributed by atoms with van der Waals surface area (Å²) in [6.45, 7) is 0. The van der Waals surface area contributed by atoms with Gasteiger partial charge in [0, 0.05) is 30.4 Å². The summed E-state index contributed by atoms with van der Waals surface area (Å²) >= 11 is 5.77. The van der Waals surface area contributed by atoms with Gasteiger partial charge in [-0.25, -0.2) is 9.37 Å². The molecule has 0 fully saturated rings. The van der Waals surface area contributed by atoms with E-state index in [0.717, 1.165) is 0 Å². The lowest BCUT2D eigenvalue weighted by Gasteiger charge is -2.06. The van der Waals surface area contributed by atoms with Gasteiger partial charge in [-0.05, 0) is 36.4 Å². The third kappa shape index (κ3) is 4.12. The number of H-pyrrole nitrogens is 1. The van der Waals surface area contributed by atoms with Crippen LogP contribution >= 0.6 is 11.6 Å². The molecule has 2 aromatic heterocycles. The van der Waals surface area contributed by atoms with Gasteiger partial charge in [0.2, 0.25) is 5.95 Å². The van der Waals surface area contributed by atoms with Crippen molar-refractivity contribution >= 4 is 40.2 Å². The largest absolute Gasteiger partial charge is 0.457 e. The maximum absolute atomic E-state index is 14.0. The first kappa shape index (κ1) is 18.7. The molecule has 0 aliphatic carbocycles. The van der Waals surface area contributed by atoms with Crippen LogP contribution < -0.4 is 15.4 Å². The first-order chi connectivity index (χ1) is 14.0. The van der Waals surface area contributed by atoms with Gasteiger partial charge in [-0.3, -0.25) is 9.78 Å². The van der Waals surface area contributed by atoms with Crippen LogP contribution in [0.25, 0.3) is 11.0 Å². The van der Waals surface area contributed by atoms with E-state index in [0.29, 0.717) is 33.5 Å². The molecule has 4 rings (SSSR count). The topological polar surface area (TPSA) is 91.9 Å². The van der Waals surface area contributed by atoms with E-state index in [9.17, 15) is 9.18 Å². The summed E-state index contributed by atoms with van der Waals surface area (Å²) in [6, 6.07) is 12.8. The molecule has 0 unspecified atom stereocenters. The highest BCUT2D eigenvalue weighted by molar-refractivity contribution is 6.30. The molecular weight excluding hydrogens is 397 g/mol. The van der Waals surface area contributed by atoms with Crippen molar-refractivity contribution in [1.29, 1.82) is 0 Å². The summed E-state index contributed by atoms with van der Waals surface area (Å²) in [7, 11) is 1.53. The van der Waals surface area contributed by atoms with Crippen molar-refractivity contribution in [2.75, 3.05) is 12.4 Å². The molecule has 7 nitrogen and oxygen atoms in total. The Hall–Kier alpha value is -3.65. The number of aromatic amines is 1. The Labute approximate surface area is 169 Å². The molecule has 0 spiro atoms. The van der Waals surface area contributed by atoms with Crippen LogP contribution in [0.4, 0.5) is 16.0 Å². The number of carbonyl (C=O) groups excluding carboxylic acids is 1. The Morgan fingerprint density at radius 1 is 1.14 bits per heavy atom. The standard InChI is InChI=1S/C20H15ClFN5O2/c1-23-19(28)18-10-13(6-7-24-18)29-12-3-5-16-17(9-12)27-20(26-16)25-15-4-2-11(21)8-14(15)22/h2-10H,1H3,(H,23,28)(H2,25,26,27). The normalized spacial score (nSPS) is 10.7. The highest BCUT2D eigenvalue weighted by Crippen LogP contribution is 2.27. The summed E-state index contributed by atoms with van der Waals surface area (Å²) in [4.78, 5) is 23.2. The van der Waals surface area contributed by atoms with Crippen molar-refractivity contribution in [3.05, 3.63) is 71.3 Å². The van der Waals surface area contributed by atoms with E-state index in [4.69, 9.17) is 16.3 Å². The molecule has 4 aromatic rings. The van der Waals surface area contributed by atoms with E-state index in [2.05, 4.69) is 25.6 Å². The molecule has 9 heteroatoms. The zero-order chi connectivity index (χ0) is 20.4. The Bertz CT molecular complexity index is 1210. The van der Waals surface area contributed by atoms with Gasteiger partial charge in [0.05, 0.1) is 16.7 Å². The van der Waals surface area contributed by atoms with Gasteiger partial charge < -0.3 is 20.4 Å². The third-order valence-corrected chi connectivity index (χ3v) is 4.30. The number of halogens is 2. The monoisotopic (exact) mass is 411 g/mol. The van der Waals surface area contributed by atoms with Crippen molar-refractivity contribution in [2.45, 2.75) is 0 Å². The number of carbonyl (C=O) groups is 1. The van der Waals surface area contributed by atoms with E-state index in [1.165, 1.54) is 25.4 Å². The van der Waals surface area contributed by atoms with Gasteiger partial charge in [0.25, 0.3) is 5.91 Å². The Morgan fingerprint density at radius 3 is 2.76 bits per heavy atom. The third-order valence-electron chi connectivity index (χ3n) is 4.06. The average Bonchev–Trinajstić information content (AvgIpc) is 3.11. The van der Waals surface area contributed by atoms with Crippen molar-refractivity contribution < 1.29 is 13.9 Å². The van der Waals surface area contributed by atoms with Crippen molar-refractivity contribution in [3.8, 4) is 11.5 Å². The summed E-state index contributed by atoms with van der Waals surface area (Å²) in [5.41, 5.74) is 1.88. The second-order valence-corrected chi connectivity index (χ2v) is 6.51. The molecule has 0 saturated carbocycles. The number of hydrogen-bond donors (Lipinski definition) is 3. The fourth-order valence-corrected chi connectivity index (χ4v) is 2.85. The molecule has 0 radical (unpaired) electrons. The lowest BCUT2D eigenvalue weighted by Crippen LogP contribution is -2.18. The minimum atomic E-state index is -0.480. The first-order valence-electron chi connectivity index (χ1n) is 8.59. The number of aromatic nitrogens is 3. The highest BCUT2D eigenvalue weighted by Gasteiger charge is 2.10. The summed E-state index contributed by atoms with van der Waals surface area (Å²) in [5.74, 6) is 0.610. The van der Waals surface area contributed by atoms with Crippen molar-refractivity contribution in [3.63, 3.8) is 0 Å². The molecule has 2 aromatic carbocycles. The molecule has 0 aliphatic heterocycles. The zero-order valence-electron chi connectivity index (χ0n) is 15.2. The predicted octanol–water partition coefficient (Wildman–Crippen LogP) is 4.65. The van der Waals surface area contributed by atoms with E-state index in [1.807, 2.05) is 0 Å². The lowest BCUT2D eigenvalue weighted by molar-refractivity contribution is 0.0958. The highest BCUT2D eigenvalue weighted by atomic mass is 35.5. The summed E-state index contributed by atoms with van der Waals surface area (Å²) < 4.78 is 19.8. The molecule has 0 bridgehead atoms. The van der Waals surface area contributed by atoms with Gasteiger partial charge >= 0.3 is 0 Å². The molecule has 146 valence electrons. The number of imidazole rings is 1. The fraction of sp³-hybridized carbons (Fsp3) is 0.0500. The maximum atomic E-state index is 14.0. The number of benzene rings is 2. The van der Waals surface area contributed by atoms with E-state index in [1.54, 1.807) is 36.4 Å². The molecule has 0 saturated heterocycles. The van der Waals surface area contributed by atoms with Crippen LogP contribution in [0.15, 0.2) is 54.7 Å². The number of amides is 1. The van der Waals surface area contributed by atoms with Crippen molar-refractivity contribution in [2.24, 2.45) is 0 Å². The predicted molar refractivity (Wildman–Crippen MR) is 108 cm³/mol. The van der Waals surface area contributed by atoms with Crippen LogP contribution in [-0.2, 0) is 0 Å². The molecule has 0 aliphatic rings. The van der Waals surface area contributed by atoms with Gasteiger partial charge in [-0.1, -0.05) is 11.6 Å². The van der Waals surface area contributed by atoms with Gasteiger partial charge in [0.15, 0.2) is 0 Å². The smallest absolute Gasteiger partial charge is 0.269 e. The second kappa shape index (κ2) is 7.76. The van der Waals surface area contributed by atoms with Crippen LogP contribution in [0.5, 0.6) is 11.5 Å². The quantitative estimate of drug-likeness (QED) is 0.444. The van der Waals surface area contributed by atoms with Crippen LogP contribution in [-0.4, -0.2) is 27.9 Å². The van der Waals surface area contributed by atoms with E-state index in [-0.39, 0.29) is 17.3 Å². The minimum absolute atomic E-state index is 0.253. The fourth-order valence-electron chi connectivity index (χ4n) is 2.69. The van der Waals surface area contributed by atoms with Crippen LogP contribution in [0.1, 0.15) is 10.5 Å². The first-order valence-corrected chi connectivity index (χ1v) is 8.97. The average molecular weight is 412 g/mol. The lowest BCUT2D eigenvalue weighted by atomic mass is 10.3. The zero-order valence-corrected chi connectivity index (χ0v) is 15.9. The van der Waals surface area contributed by atoms with Gasteiger partial charge in [0.1, 0.15) is 23.0 Å². The van der Waals surface area contributed by atoms with Gasteiger partial charge in [-0.2, -0.15) is 0 Å². The SMILES string of the molecule is CNC(=O)c1cc(Oc2ccc3nc(Nc4ccc(Cl)cc4F)[nH]c3c2)ccn1. The van der Waals surface area contributed by atoms with E-state index < -0.39 is 5.82 Å². The summed E-state index contributed by atoms with van der Waals surface area (Å²) in [6.07, 6.45) is 1.50. The Balaban J connectivity index is 1.56. The number of nitrogens with one attached hydrogen (secondary N) is 3. The number of ether oxygens (including phenoxy) is 1. The van der Waals surface area contributed by atoms with Crippen LogP contribution in [0.2, 0.25) is 5.02 Å². The number of rotatable bonds is 5. The van der Waals surface area contributed by atoms with Crippen molar-refractivity contribution in [1.82, 2.24) is 20.3 Å². The molecule has 1 amide bonds. The molecule has 29 heavy (non-hydrogen) atoms. The van der Waals surface area contributed by atoms with E-state index >= 15 is 0 Å². The number of fused-ring (bicyclic) bond motifs is 1. The van der Waals surface area contributed by atoms with Crippen LogP contribution in [0, 0.1) is 5.82 Å². The number of nitrogens with zero attached hydrogens (tertiary/aromatic N) is 2. The Kier molecular flexibility index (Phi) is 5.01. The molecule has 3 N–H and O–H groups in total. The number of hydrogen-bond acceptors (Lipinski definition) is 5. The maximum Gasteiger partial charge on any atom is 0.269 e. The number of anilines is 2. The van der Waals surface area contributed by atoms with Gasteiger partial charge in [-0.15, -0.1) is 0 Å². The molecule has 2 heterocycles. The summed E-state index contributed by atoms with van der Waals surface area (Å²) in [5, 5.41) is 5.72. The molecular formula is C20H15ClFN5O2. The second-order valence-electron chi connectivity index (χ2n) is 6.07. The Morgan fingerprint density at radius 2 is 1.97 bits per heavy atom. The number of pyridine rings is 1.